The summed E-state index contributed by atoms with van der Waals surface area (Å²) in [4.78, 5) is 10.4. The Balaban J connectivity index is 3.02. The molecule has 0 bridgehead atoms. The van der Waals surface area contributed by atoms with Gasteiger partial charge in [0.15, 0.2) is 0 Å². The number of carboxylic acid groups (broad SMARTS) is 1. The van der Waals surface area contributed by atoms with E-state index in [1.54, 1.807) is 18.2 Å². The highest BCUT2D eigenvalue weighted by Gasteiger charge is 2.03. The monoisotopic (exact) mass is 232 g/mol. The van der Waals surface area contributed by atoms with Crippen molar-refractivity contribution in [3.63, 3.8) is 0 Å². The number of hydrogen-bond donors (Lipinski definition) is 1. The summed E-state index contributed by atoms with van der Waals surface area (Å²) in [5.41, 5.74) is 0.628. The summed E-state index contributed by atoms with van der Waals surface area (Å²) in [7, 11) is 1.53. The zero-order valence-corrected chi connectivity index (χ0v) is 9.34. The minimum atomic E-state index is -1.02. The molecule has 1 rings (SSSR count). The van der Waals surface area contributed by atoms with Crippen LogP contribution in [0.2, 0.25) is 0 Å². The van der Waals surface area contributed by atoms with Crippen molar-refractivity contribution in [3.8, 4) is 23.8 Å². The number of carbonyl (C=O) groups is 1. The van der Waals surface area contributed by atoms with Gasteiger partial charge in [0.25, 0.3) is 0 Å². The summed E-state index contributed by atoms with van der Waals surface area (Å²) < 4.78 is 10.3. The second-order valence-electron chi connectivity index (χ2n) is 3.07. The first kappa shape index (κ1) is 12.7. The Labute approximate surface area is 99.5 Å². The zero-order valence-electron chi connectivity index (χ0n) is 9.34. The first-order chi connectivity index (χ1) is 8.17. The molecule has 0 fully saturated rings. The van der Waals surface area contributed by atoms with Gasteiger partial charge < -0.3 is 14.6 Å². The van der Waals surface area contributed by atoms with Crippen LogP contribution in [-0.4, -0.2) is 24.8 Å². The Kier molecular flexibility index (Phi) is 4.64. The Bertz CT molecular complexity index is 469. The second kappa shape index (κ2) is 6.23. The molecule has 88 valence electrons. The van der Waals surface area contributed by atoms with Gasteiger partial charge in [-0.25, -0.2) is 4.79 Å². The number of ether oxygens (including phenoxy) is 2. The van der Waals surface area contributed by atoms with E-state index in [-0.39, 0.29) is 6.61 Å². The van der Waals surface area contributed by atoms with Crippen LogP contribution >= 0.6 is 0 Å². The first-order valence-electron chi connectivity index (χ1n) is 4.82. The Morgan fingerprint density at radius 2 is 2.35 bits per heavy atom. The SMILES string of the molecule is C#CCOc1cc(OC)ccc1/C=C/C(=O)O. The van der Waals surface area contributed by atoms with E-state index in [0.717, 1.165) is 6.08 Å². The minimum absolute atomic E-state index is 0.112. The lowest BCUT2D eigenvalue weighted by molar-refractivity contribution is -0.131. The van der Waals surface area contributed by atoms with Crippen molar-refractivity contribution in [2.24, 2.45) is 0 Å². The van der Waals surface area contributed by atoms with Gasteiger partial charge in [-0.1, -0.05) is 5.92 Å². The molecule has 0 aromatic heterocycles. The quantitative estimate of drug-likeness (QED) is 0.621. The van der Waals surface area contributed by atoms with E-state index in [9.17, 15) is 4.79 Å². The molecule has 1 aromatic carbocycles. The van der Waals surface area contributed by atoms with Crippen LogP contribution in [0.5, 0.6) is 11.5 Å². The topological polar surface area (TPSA) is 55.8 Å². The van der Waals surface area contributed by atoms with Gasteiger partial charge in [-0.05, 0) is 18.2 Å². The molecule has 1 aromatic rings. The summed E-state index contributed by atoms with van der Waals surface area (Å²) in [5, 5.41) is 8.56. The molecule has 0 amide bonds. The van der Waals surface area contributed by atoms with Crippen molar-refractivity contribution in [2.45, 2.75) is 0 Å². The van der Waals surface area contributed by atoms with Gasteiger partial charge in [-0.15, -0.1) is 6.42 Å². The van der Waals surface area contributed by atoms with Gasteiger partial charge >= 0.3 is 5.97 Å². The smallest absolute Gasteiger partial charge is 0.328 e. The van der Waals surface area contributed by atoms with Crippen molar-refractivity contribution in [1.29, 1.82) is 0 Å². The predicted molar refractivity (Wildman–Crippen MR) is 64.0 cm³/mol. The molecule has 4 heteroatoms. The van der Waals surface area contributed by atoms with Crippen molar-refractivity contribution in [3.05, 3.63) is 29.8 Å². The third kappa shape index (κ3) is 3.92. The number of hydrogen-bond acceptors (Lipinski definition) is 3. The zero-order chi connectivity index (χ0) is 12.7. The normalized spacial score (nSPS) is 9.88. The second-order valence-corrected chi connectivity index (χ2v) is 3.07. The van der Waals surface area contributed by atoms with Gasteiger partial charge in [0.2, 0.25) is 0 Å². The van der Waals surface area contributed by atoms with Crippen LogP contribution in [0.25, 0.3) is 6.08 Å². The van der Waals surface area contributed by atoms with Crippen molar-refractivity contribution < 1.29 is 19.4 Å². The van der Waals surface area contributed by atoms with Crippen molar-refractivity contribution in [2.75, 3.05) is 13.7 Å². The highest BCUT2D eigenvalue weighted by Crippen LogP contribution is 2.25. The predicted octanol–water partition coefficient (Wildman–Crippen LogP) is 1.81. The van der Waals surface area contributed by atoms with Gasteiger partial charge in [0.1, 0.15) is 18.1 Å². The molecular weight excluding hydrogens is 220 g/mol. The number of methoxy groups -OCH3 is 1. The van der Waals surface area contributed by atoms with Crippen LogP contribution in [-0.2, 0) is 4.79 Å². The lowest BCUT2D eigenvalue weighted by atomic mass is 10.1. The van der Waals surface area contributed by atoms with Crippen LogP contribution in [0.3, 0.4) is 0 Å². The highest BCUT2D eigenvalue weighted by atomic mass is 16.5. The molecule has 0 saturated carbocycles. The third-order valence-electron chi connectivity index (χ3n) is 1.94. The first-order valence-corrected chi connectivity index (χ1v) is 4.82. The molecule has 17 heavy (non-hydrogen) atoms. The number of carboxylic acids is 1. The molecule has 0 aliphatic heterocycles. The van der Waals surface area contributed by atoms with Crippen molar-refractivity contribution in [1.82, 2.24) is 0 Å². The van der Waals surface area contributed by atoms with Gasteiger partial charge in [-0.3, -0.25) is 0 Å². The van der Waals surface area contributed by atoms with E-state index in [0.29, 0.717) is 17.1 Å². The third-order valence-corrected chi connectivity index (χ3v) is 1.94. The highest BCUT2D eigenvalue weighted by molar-refractivity contribution is 5.86. The molecule has 0 aliphatic rings. The minimum Gasteiger partial charge on any atom is -0.497 e. The van der Waals surface area contributed by atoms with E-state index in [4.69, 9.17) is 21.0 Å². The molecule has 0 spiro atoms. The van der Waals surface area contributed by atoms with E-state index >= 15 is 0 Å². The molecule has 0 aliphatic carbocycles. The average Bonchev–Trinajstić information content (AvgIpc) is 2.34. The summed E-state index contributed by atoms with van der Waals surface area (Å²) >= 11 is 0. The van der Waals surface area contributed by atoms with E-state index in [1.165, 1.54) is 13.2 Å². The van der Waals surface area contributed by atoms with Crippen LogP contribution in [0.1, 0.15) is 5.56 Å². The maximum atomic E-state index is 10.4. The fraction of sp³-hybridized carbons (Fsp3) is 0.154. The summed E-state index contributed by atoms with van der Waals surface area (Å²) in [5.74, 6) is 2.42. The maximum absolute atomic E-state index is 10.4. The molecule has 1 N–H and O–H groups in total. The molecular formula is C13H12O4. The fourth-order valence-electron chi connectivity index (χ4n) is 1.18. The fourth-order valence-corrected chi connectivity index (χ4v) is 1.18. The molecule has 0 unspecified atom stereocenters. The van der Waals surface area contributed by atoms with Gasteiger partial charge in [-0.2, -0.15) is 0 Å². The van der Waals surface area contributed by atoms with E-state index in [2.05, 4.69) is 5.92 Å². The summed E-state index contributed by atoms with van der Waals surface area (Å²) in [6.07, 6.45) is 7.57. The number of terminal acetylenes is 1. The van der Waals surface area contributed by atoms with Crippen LogP contribution in [0.4, 0.5) is 0 Å². The largest absolute Gasteiger partial charge is 0.497 e. The maximum Gasteiger partial charge on any atom is 0.328 e. The summed E-state index contributed by atoms with van der Waals surface area (Å²) in [6, 6.07) is 5.06. The molecule has 0 atom stereocenters. The van der Waals surface area contributed by atoms with E-state index in [1.807, 2.05) is 0 Å². The average molecular weight is 232 g/mol. The Hall–Kier alpha value is -2.41. The van der Waals surface area contributed by atoms with Crippen LogP contribution in [0.15, 0.2) is 24.3 Å². The number of benzene rings is 1. The van der Waals surface area contributed by atoms with E-state index < -0.39 is 5.97 Å². The number of aliphatic carboxylic acids is 1. The Morgan fingerprint density at radius 1 is 1.59 bits per heavy atom. The molecule has 0 saturated heterocycles. The Morgan fingerprint density at radius 3 is 2.94 bits per heavy atom. The standard InChI is InChI=1S/C13H12O4/c1-3-8-17-12-9-11(16-2)6-4-10(12)5-7-13(14)15/h1,4-7,9H,8H2,2H3,(H,14,15)/b7-5+. The van der Waals surface area contributed by atoms with Gasteiger partial charge in [0.05, 0.1) is 7.11 Å². The number of rotatable bonds is 5. The lowest BCUT2D eigenvalue weighted by Gasteiger charge is -2.08. The molecule has 0 heterocycles. The van der Waals surface area contributed by atoms with Gasteiger partial charge in [0, 0.05) is 17.7 Å². The van der Waals surface area contributed by atoms with Crippen molar-refractivity contribution >= 4 is 12.0 Å². The molecule has 4 nitrogen and oxygen atoms in total. The van der Waals surface area contributed by atoms with Crippen LogP contribution < -0.4 is 9.47 Å². The lowest BCUT2D eigenvalue weighted by Crippen LogP contribution is -1.97. The van der Waals surface area contributed by atoms with Crippen LogP contribution in [0, 0.1) is 12.3 Å². The summed E-state index contributed by atoms with van der Waals surface area (Å²) in [6.45, 7) is 0.112. The molecule has 0 radical (unpaired) electrons.